The zero-order valence-electron chi connectivity index (χ0n) is 15.0. The Bertz CT molecular complexity index is 843. The molecule has 0 unspecified atom stereocenters. The Morgan fingerprint density at radius 2 is 1.92 bits per heavy atom. The molecule has 0 spiro atoms. The van der Waals surface area contributed by atoms with Gasteiger partial charge in [-0.1, -0.05) is 0 Å². The number of rotatable bonds is 8. The lowest BCUT2D eigenvalue weighted by Crippen LogP contribution is -2.29. The van der Waals surface area contributed by atoms with Gasteiger partial charge in [-0.3, -0.25) is 4.79 Å². The third kappa shape index (κ3) is 5.12. The van der Waals surface area contributed by atoms with Crippen molar-refractivity contribution in [1.82, 2.24) is 14.6 Å². The summed E-state index contributed by atoms with van der Waals surface area (Å²) in [6.45, 7) is 3.98. The molecule has 1 heterocycles. The van der Waals surface area contributed by atoms with Crippen molar-refractivity contribution in [2.24, 2.45) is 0 Å². The highest BCUT2D eigenvalue weighted by atomic mass is 32.2. The van der Waals surface area contributed by atoms with Crippen LogP contribution in [0.2, 0.25) is 0 Å². The molecule has 0 bridgehead atoms. The summed E-state index contributed by atoms with van der Waals surface area (Å²) in [5, 5.41) is 2.69. The maximum atomic E-state index is 12.9. The molecular weight excluding hydrogens is 361 g/mol. The van der Waals surface area contributed by atoms with Gasteiger partial charge in [0, 0.05) is 20.0 Å². The predicted molar refractivity (Wildman–Crippen MR) is 93.3 cm³/mol. The second-order valence-corrected chi connectivity index (χ2v) is 7.95. The quantitative estimate of drug-likeness (QED) is 0.754. The topological polar surface area (TPSA) is 92.5 Å². The zero-order chi connectivity index (χ0) is 19.3. The fourth-order valence-electron chi connectivity index (χ4n) is 2.25. The van der Waals surface area contributed by atoms with E-state index in [4.69, 9.17) is 4.42 Å². The highest BCUT2D eigenvalue weighted by molar-refractivity contribution is 7.89. The predicted octanol–water partition coefficient (Wildman–Crippen LogP) is 2.15. The third-order valence-electron chi connectivity index (χ3n) is 3.91. The highest BCUT2D eigenvalue weighted by Crippen LogP contribution is 2.15. The van der Waals surface area contributed by atoms with Crippen molar-refractivity contribution in [2.75, 3.05) is 13.6 Å². The number of aromatic nitrogens is 1. The highest BCUT2D eigenvalue weighted by Gasteiger charge is 2.20. The lowest BCUT2D eigenvalue weighted by Gasteiger charge is -2.17. The maximum Gasteiger partial charge on any atom is 0.242 e. The van der Waals surface area contributed by atoms with Crippen molar-refractivity contribution >= 4 is 15.9 Å². The van der Waals surface area contributed by atoms with Crippen LogP contribution in [0, 0.1) is 19.7 Å². The monoisotopic (exact) mass is 383 g/mol. The van der Waals surface area contributed by atoms with Crippen molar-refractivity contribution in [1.29, 1.82) is 0 Å². The van der Waals surface area contributed by atoms with Crippen LogP contribution in [0.1, 0.15) is 30.2 Å². The Morgan fingerprint density at radius 3 is 2.50 bits per heavy atom. The Kier molecular flexibility index (Phi) is 6.49. The normalized spacial score (nSPS) is 11.7. The average molecular weight is 383 g/mol. The van der Waals surface area contributed by atoms with E-state index in [2.05, 4.69) is 10.3 Å². The number of nitrogens with zero attached hydrogens (tertiary/aromatic N) is 2. The van der Waals surface area contributed by atoms with E-state index in [0.29, 0.717) is 18.1 Å². The number of aryl methyl sites for hydroxylation is 2. The molecule has 142 valence electrons. The number of nitrogens with one attached hydrogen (secondary N) is 1. The number of hydrogen-bond donors (Lipinski definition) is 1. The van der Waals surface area contributed by atoms with E-state index in [1.165, 1.54) is 19.2 Å². The molecule has 0 aliphatic rings. The smallest absolute Gasteiger partial charge is 0.242 e. The first-order chi connectivity index (χ1) is 12.2. The minimum absolute atomic E-state index is 0.0143. The largest absolute Gasteiger partial charge is 0.444 e. The Balaban J connectivity index is 1.79. The first-order valence-electron chi connectivity index (χ1n) is 8.11. The van der Waals surface area contributed by atoms with E-state index in [0.717, 1.165) is 22.1 Å². The molecule has 7 nitrogen and oxygen atoms in total. The maximum absolute atomic E-state index is 12.9. The summed E-state index contributed by atoms with van der Waals surface area (Å²) in [4.78, 5) is 16.0. The fraction of sp³-hybridized carbons (Fsp3) is 0.412. The van der Waals surface area contributed by atoms with Gasteiger partial charge in [0.05, 0.1) is 17.1 Å². The molecule has 0 atom stereocenters. The van der Waals surface area contributed by atoms with Crippen molar-refractivity contribution in [2.45, 2.75) is 38.1 Å². The van der Waals surface area contributed by atoms with Crippen LogP contribution in [0.15, 0.2) is 33.6 Å². The minimum Gasteiger partial charge on any atom is -0.444 e. The van der Waals surface area contributed by atoms with E-state index in [1.54, 1.807) is 6.92 Å². The van der Waals surface area contributed by atoms with Crippen LogP contribution in [-0.4, -0.2) is 37.2 Å². The number of halogens is 1. The van der Waals surface area contributed by atoms with Crippen LogP contribution < -0.4 is 5.32 Å². The van der Waals surface area contributed by atoms with Gasteiger partial charge >= 0.3 is 0 Å². The first-order valence-corrected chi connectivity index (χ1v) is 9.55. The molecule has 0 aliphatic heterocycles. The van der Waals surface area contributed by atoms with Gasteiger partial charge in [0.2, 0.25) is 21.8 Å². The van der Waals surface area contributed by atoms with Gasteiger partial charge in [-0.25, -0.2) is 22.1 Å². The van der Waals surface area contributed by atoms with Crippen LogP contribution in [-0.2, 0) is 21.4 Å². The number of amides is 1. The number of sulfonamides is 1. The molecule has 0 saturated heterocycles. The second kappa shape index (κ2) is 8.41. The Hall–Kier alpha value is -2.26. The molecule has 9 heteroatoms. The summed E-state index contributed by atoms with van der Waals surface area (Å²) in [5.41, 5.74) is 0.780. The fourth-order valence-corrected chi connectivity index (χ4v) is 3.46. The molecule has 2 rings (SSSR count). The van der Waals surface area contributed by atoms with Crippen LogP contribution in [0.3, 0.4) is 0 Å². The van der Waals surface area contributed by atoms with Gasteiger partial charge in [-0.05, 0) is 44.5 Å². The van der Waals surface area contributed by atoms with E-state index < -0.39 is 15.8 Å². The van der Waals surface area contributed by atoms with Gasteiger partial charge in [-0.15, -0.1) is 0 Å². The molecule has 1 aromatic carbocycles. The van der Waals surface area contributed by atoms with Gasteiger partial charge < -0.3 is 9.73 Å². The molecule has 1 N–H and O–H groups in total. The van der Waals surface area contributed by atoms with E-state index in [1.807, 2.05) is 6.92 Å². The standard InChI is InChI=1S/C17H22FN3O4S/c1-12-13(2)25-17(20-12)11-19-16(22)5-4-10-21(3)26(23,24)15-8-6-14(18)7-9-15/h6-9H,4-5,10-11H2,1-3H3,(H,19,22). The zero-order valence-corrected chi connectivity index (χ0v) is 15.8. The van der Waals surface area contributed by atoms with Crippen LogP contribution >= 0.6 is 0 Å². The lowest BCUT2D eigenvalue weighted by molar-refractivity contribution is -0.121. The second-order valence-electron chi connectivity index (χ2n) is 5.91. The summed E-state index contributed by atoms with van der Waals surface area (Å²) in [6.07, 6.45) is 0.522. The van der Waals surface area contributed by atoms with E-state index in [-0.39, 0.29) is 30.3 Å². The number of benzene rings is 1. The molecule has 0 saturated carbocycles. The lowest BCUT2D eigenvalue weighted by atomic mass is 10.3. The Labute approximate surface area is 152 Å². The average Bonchev–Trinajstić information content (AvgIpc) is 2.91. The number of carbonyl (C=O) groups is 1. The number of carbonyl (C=O) groups excluding carboxylic acids is 1. The summed E-state index contributed by atoms with van der Waals surface area (Å²) in [5.74, 6) is 0.428. The van der Waals surface area contributed by atoms with Gasteiger partial charge in [0.25, 0.3) is 0 Å². The molecule has 26 heavy (non-hydrogen) atoms. The van der Waals surface area contributed by atoms with Gasteiger partial charge in [0.15, 0.2) is 0 Å². The van der Waals surface area contributed by atoms with E-state index in [9.17, 15) is 17.6 Å². The van der Waals surface area contributed by atoms with Gasteiger partial charge in [0.1, 0.15) is 11.6 Å². The molecule has 1 amide bonds. The molecule has 2 aromatic rings. The molecule has 0 aliphatic carbocycles. The van der Waals surface area contributed by atoms with Crippen LogP contribution in [0.5, 0.6) is 0 Å². The van der Waals surface area contributed by atoms with Gasteiger partial charge in [-0.2, -0.15) is 0 Å². The Morgan fingerprint density at radius 1 is 1.27 bits per heavy atom. The molecule has 0 radical (unpaired) electrons. The summed E-state index contributed by atoms with van der Waals surface area (Å²) >= 11 is 0. The summed E-state index contributed by atoms with van der Waals surface area (Å²) < 4.78 is 44.1. The third-order valence-corrected chi connectivity index (χ3v) is 5.78. The van der Waals surface area contributed by atoms with Crippen molar-refractivity contribution < 1.29 is 22.0 Å². The van der Waals surface area contributed by atoms with Crippen molar-refractivity contribution in [3.05, 3.63) is 47.4 Å². The SMILES string of the molecule is Cc1nc(CNC(=O)CCCN(C)S(=O)(=O)c2ccc(F)cc2)oc1C. The summed E-state index contributed by atoms with van der Waals surface area (Å²) in [6, 6.07) is 4.63. The van der Waals surface area contributed by atoms with Crippen LogP contribution in [0.25, 0.3) is 0 Å². The van der Waals surface area contributed by atoms with Crippen molar-refractivity contribution in [3.63, 3.8) is 0 Å². The molecule has 0 fully saturated rings. The minimum atomic E-state index is -3.70. The number of hydrogen-bond acceptors (Lipinski definition) is 5. The molecular formula is C17H22FN3O4S. The number of oxazole rings is 1. The summed E-state index contributed by atoms with van der Waals surface area (Å²) in [7, 11) is -2.28. The molecule has 1 aromatic heterocycles. The first kappa shape index (κ1) is 20.1. The van der Waals surface area contributed by atoms with Crippen LogP contribution in [0.4, 0.5) is 4.39 Å². The van der Waals surface area contributed by atoms with Crippen molar-refractivity contribution in [3.8, 4) is 0 Å². The van der Waals surface area contributed by atoms with E-state index >= 15 is 0 Å².